The van der Waals surface area contributed by atoms with Crippen LogP contribution in [0.25, 0.3) is 198 Å². The molecule has 0 fully saturated rings. The largest absolute Gasteiger partial charge is 0.0619 e. The summed E-state index contributed by atoms with van der Waals surface area (Å²) in [5.41, 5.74) is 36.9. The van der Waals surface area contributed by atoms with E-state index in [2.05, 4.69) is 393 Å². The van der Waals surface area contributed by atoms with Crippen LogP contribution in [0, 0.1) is 0 Å². The Hall–Kier alpha value is -13.0. The Morgan fingerprint density at radius 3 is 0.954 bits per heavy atom. The second-order valence-electron chi connectivity index (χ2n) is 32.4. The molecule has 0 aromatic heterocycles. The van der Waals surface area contributed by atoms with E-state index in [1.54, 1.807) is 0 Å². The highest BCUT2D eigenvalue weighted by atomic mass is 14.4. The zero-order valence-electron chi connectivity index (χ0n) is 62.0. The first-order valence-electron chi connectivity index (χ1n) is 38.7. The van der Waals surface area contributed by atoms with E-state index < -0.39 is 0 Å². The van der Waals surface area contributed by atoms with Gasteiger partial charge in [0, 0.05) is 16.2 Å². The summed E-state index contributed by atoms with van der Waals surface area (Å²) < 4.78 is 0. The van der Waals surface area contributed by atoms with Crippen LogP contribution in [0.15, 0.2) is 352 Å². The summed E-state index contributed by atoms with van der Waals surface area (Å²) in [7, 11) is 0. The lowest BCUT2D eigenvalue weighted by molar-refractivity contribution is 0.660. The predicted octanol–water partition coefficient (Wildman–Crippen LogP) is 30.0. The normalized spacial score (nSPS) is 14.0. The molecule has 0 radical (unpaired) electrons. The minimum Gasteiger partial charge on any atom is -0.0619 e. The van der Waals surface area contributed by atoms with Gasteiger partial charge in [0.05, 0.1) is 0 Å². The van der Waals surface area contributed by atoms with Crippen LogP contribution in [-0.2, 0) is 16.2 Å². The average molecular weight is 1390 g/mol. The van der Waals surface area contributed by atoms with Gasteiger partial charge in [-0.3, -0.25) is 0 Å². The maximum atomic E-state index is 2.50. The van der Waals surface area contributed by atoms with Crippen molar-refractivity contribution in [2.45, 2.75) is 57.8 Å². The molecule has 0 unspecified atom stereocenters. The van der Waals surface area contributed by atoms with Crippen molar-refractivity contribution >= 4 is 75.4 Å². The van der Waals surface area contributed by atoms with E-state index >= 15 is 0 Å². The first-order chi connectivity index (χ1) is 53.4. The van der Waals surface area contributed by atoms with E-state index in [1.807, 2.05) is 0 Å². The van der Waals surface area contributed by atoms with Crippen molar-refractivity contribution in [1.82, 2.24) is 0 Å². The van der Waals surface area contributed by atoms with E-state index in [0.717, 1.165) is 0 Å². The summed E-state index contributed by atoms with van der Waals surface area (Å²) in [5, 5.41) is 18.0. The van der Waals surface area contributed by atoms with Crippen LogP contribution >= 0.6 is 0 Å². The molecule has 19 aromatic carbocycles. The van der Waals surface area contributed by atoms with Gasteiger partial charge in [-0.05, 0) is 262 Å². The molecule has 0 bridgehead atoms. The van der Waals surface area contributed by atoms with E-state index in [9.17, 15) is 0 Å². The molecule has 0 saturated carbocycles. The van der Waals surface area contributed by atoms with Gasteiger partial charge in [0.2, 0.25) is 0 Å². The molecular formula is C109H76. The molecule has 0 atom stereocenters. The topological polar surface area (TPSA) is 0 Å². The van der Waals surface area contributed by atoms with Gasteiger partial charge in [-0.1, -0.05) is 363 Å². The lowest BCUT2D eigenvalue weighted by Gasteiger charge is -2.23. The minimum absolute atomic E-state index is 0.0349. The van der Waals surface area contributed by atoms with E-state index in [1.165, 1.54) is 231 Å². The molecule has 0 heterocycles. The molecule has 0 heteroatoms. The van der Waals surface area contributed by atoms with Gasteiger partial charge in [-0.15, -0.1) is 0 Å². The summed E-state index contributed by atoms with van der Waals surface area (Å²) in [4.78, 5) is 0. The highest BCUT2D eigenvalue weighted by molar-refractivity contribution is 6.28. The summed E-state index contributed by atoms with van der Waals surface area (Å²) in [5.74, 6) is 0. The lowest BCUT2D eigenvalue weighted by Crippen LogP contribution is -2.14. The molecule has 4 aliphatic carbocycles. The smallest absolute Gasteiger partial charge is 0.0159 e. The van der Waals surface area contributed by atoms with Crippen LogP contribution in [0.3, 0.4) is 0 Å². The molecular weight excluding hydrogens is 1310 g/mol. The van der Waals surface area contributed by atoms with Crippen LogP contribution in [-0.4, -0.2) is 0 Å². The molecule has 512 valence electrons. The Balaban J connectivity index is 0.000000135. The Kier molecular flexibility index (Phi) is 13.6. The van der Waals surface area contributed by atoms with Gasteiger partial charge in [0.15, 0.2) is 0 Å². The first kappa shape index (κ1) is 63.3. The van der Waals surface area contributed by atoms with Crippen LogP contribution in [0.2, 0.25) is 0 Å². The van der Waals surface area contributed by atoms with Crippen molar-refractivity contribution < 1.29 is 0 Å². The summed E-state index contributed by atoms with van der Waals surface area (Å²) in [6, 6.07) is 133. The fourth-order valence-corrected chi connectivity index (χ4v) is 20.5. The molecule has 0 aliphatic heterocycles. The molecule has 4 aliphatic rings. The molecule has 0 saturated heterocycles. The molecule has 19 aromatic rings. The molecule has 0 amide bonds. The number of benzene rings is 19. The van der Waals surface area contributed by atoms with Crippen LogP contribution in [0.1, 0.15) is 74.9 Å². The first-order valence-corrected chi connectivity index (χ1v) is 38.7. The Bertz CT molecular complexity index is 7140. The second-order valence-corrected chi connectivity index (χ2v) is 32.4. The van der Waals surface area contributed by atoms with Crippen molar-refractivity contribution in [1.29, 1.82) is 0 Å². The Labute approximate surface area is 636 Å². The maximum absolute atomic E-state index is 2.50. The van der Waals surface area contributed by atoms with Crippen molar-refractivity contribution in [3.8, 4) is 122 Å². The number of hydrogen-bond acceptors (Lipinski definition) is 0. The van der Waals surface area contributed by atoms with Crippen molar-refractivity contribution in [2.75, 3.05) is 0 Å². The molecule has 0 spiro atoms. The van der Waals surface area contributed by atoms with Gasteiger partial charge in [0.1, 0.15) is 0 Å². The monoisotopic (exact) mass is 1380 g/mol. The maximum Gasteiger partial charge on any atom is 0.0159 e. The van der Waals surface area contributed by atoms with Gasteiger partial charge < -0.3 is 0 Å². The van der Waals surface area contributed by atoms with Crippen LogP contribution < -0.4 is 0 Å². The SMILES string of the molecule is CC1(C)c2ccccc2-c2cc(-c3c4ccccc4c(-c4ccc5c(c4)C(C)(C)c4ccccc4-5)c4cc(-c5cccc6ccccc56)ccc34)ccc21.CC1(C)c2ccccc2-c2ccc(-c3c4ccccc4c(-c4ccc5c6c(cccc46)-c4ccccc4-5)c4ccc(-c5cccc6ccccc56)cc34)cc21. The number of hydrogen-bond donors (Lipinski definition) is 0. The highest BCUT2D eigenvalue weighted by Crippen LogP contribution is 2.58. The van der Waals surface area contributed by atoms with Crippen molar-refractivity contribution in [3.63, 3.8) is 0 Å². The van der Waals surface area contributed by atoms with Gasteiger partial charge in [0.25, 0.3) is 0 Å². The van der Waals surface area contributed by atoms with Gasteiger partial charge >= 0.3 is 0 Å². The third-order valence-electron chi connectivity index (χ3n) is 25.7. The average Bonchev–Trinajstić information content (AvgIpc) is 1.60. The van der Waals surface area contributed by atoms with Gasteiger partial charge in [-0.25, -0.2) is 0 Å². The fraction of sp³-hybridized carbons (Fsp3) is 0.0826. The standard InChI is InChI=1S/C55H36.C54H40/c1-55(2)50-24-10-9-18-40(50)41-27-26-35(32-51(41)55)52-43-19-7-8-20-44(43)54(47-30-29-46-39-17-6-5-16-38(39)42-22-12-23-45(47)53(42)46)48-28-25-34(31-49(48)52)37-21-11-14-33-13-3-4-15-36(33)37;1-53(2)48-23-12-10-18-40(48)45-31-35(26-29-49(45)53)51-42-19-7-8-20-43(42)52(36-25-27-41-39-17-9-11-22-47(39)54(3,4)50(41)32-36)46-30-34(24-28-44(46)51)38-21-13-15-33-14-5-6-16-37(33)38/h3-32H,1-2H3;5-32H,1-4H3. The molecule has 0 nitrogen and oxygen atoms in total. The van der Waals surface area contributed by atoms with Crippen molar-refractivity contribution in [3.05, 3.63) is 385 Å². The quantitative estimate of drug-likeness (QED) is 0.146. The molecule has 109 heavy (non-hydrogen) atoms. The summed E-state index contributed by atoms with van der Waals surface area (Å²) in [6.45, 7) is 14.3. The third kappa shape index (κ3) is 9.19. The number of fused-ring (bicyclic) bond motifs is 18. The van der Waals surface area contributed by atoms with E-state index in [4.69, 9.17) is 0 Å². The van der Waals surface area contributed by atoms with E-state index in [0.29, 0.717) is 0 Å². The predicted molar refractivity (Wildman–Crippen MR) is 465 cm³/mol. The zero-order chi connectivity index (χ0) is 72.8. The third-order valence-corrected chi connectivity index (χ3v) is 25.7. The van der Waals surface area contributed by atoms with Crippen LogP contribution in [0.4, 0.5) is 0 Å². The lowest BCUT2D eigenvalue weighted by atomic mass is 9.79. The summed E-state index contributed by atoms with van der Waals surface area (Å²) >= 11 is 0. The zero-order valence-corrected chi connectivity index (χ0v) is 62.0. The Morgan fingerprint density at radius 2 is 0.440 bits per heavy atom. The molecule has 23 rings (SSSR count). The fourth-order valence-electron chi connectivity index (χ4n) is 20.5. The van der Waals surface area contributed by atoms with Gasteiger partial charge in [-0.2, -0.15) is 0 Å². The number of rotatable bonds is 6. The van der Waals surface area contributed by atoms with Crippen molar-refractivity contribution in [2.24, 2.45) is 0 Å². The highest BCUT2D eigenvalue weighted by Gasteiger charge is 2.39. The minimum atomic E-state index is -0.0934. The van der Waals surface area contributed by atoms with Crippen LogP contribution in [0.5, 0.6) is 0 Å². The van der Waals surface area contributed by atoms with E-state index in [-0.39, 0.29) is 16.2 Å². The molecule has 0 N–H and O–H groups in total. The summed E-state index contributed by atoms with van der Waals surface area (Å²) in [6.07, 6.45) is 0. The Morgan fingerprint density at radius 1 is 0.147 bits per heavy atom. The second kappa shape index (κ2) is 23.5.